The predicted octanol–water partition coefficient (Wildman–Crippen LogP) is 4.78. The fourth-order valence-corrected chi connectivity index (χ4v) is 2.00. The van der Waals surface area contributed by atoms with Crippen molar-refractivity contribution in [1.82, 2.24) is 0 Å². The highest BCUT2D eigenvalue weighted by atomic mass is 16.5. The predicted molar refractivity (Wildman–Crippen MR) is 85.3 cm³/mol. The zero-order valence-corrected chi connectivity index (χ0v) is 12.5. The Morgan fingerprint density at radius 1 is 1.10 bits per heavy atom. The summed E-state index contributed by atoms with van der Waals surface area (Å²) in [5.41, 5.74) is 3.72. The molecule has 0 heterocycles. The van der Waals surface area contributed by atoms with Gasteiger partial charge >= 0.3 is 0 Å². The van der Waals surface area contributed by atoms with Gasteiger partial charge in [0.15, 0.2) is 0 Å². The summed E-state index contributed by atoms with van der Waals surface area (Å²) in [5, 5.41) is 3.45. The summed E-state index contributed by atoms with van der Waals surface area (Å²) in [4.78, 5) is 0. The van der Waals surface area contributed by atoms with Gasteiger partial charge in [0, 0.05) is 18.3 Å². The maximum absolute atomic E-state index is 5.84. The van der Waals surface area contributed by atoms with Crippen molar-refractivity contribution >= 4 is 5.69 Å². The third-order valence-corrected chi connectivity index (χ3v) is 3.49. The minimum Gasteiger partial charge on any atom is -0.491 e. The Balaban J connectivity index is 2.00. The second kappa shape index (κ2) is 6.99. The van der Waals surface area contributed by atoms with E-state index in [1.54, 1.807) is 0 Å². The Labute approximate surface area is 121 Å². The minimum absolute atomic E-state index is 0.251. The lowest BCUT2D eigenvalue weighted by molar-refractivity contribution is 0.217. The van der Waals surface area contributed by atoms with Crippen molar-refractivity contribution in [2.75, 3.05) is 5.32 Å². The molecule has 0 aliphatic heterocycles. The van der Waals surface area contributed by atoms with Crippen molar-refractivity contribution in [3.63, 3.8) is 0 Å². The molecule has 2 heteroatoms. The molecule has 0 saturated heterocycles. The van der Waals surface area contributed by atoms with E-state index in [1.165, 1.54) is 11.1 Å². The molecule has 0 amide bonds. The molecular weight excluding hydrogens is 246 g/mol. The molecule has 106 valence electrons. The molecule has 0 spiro atoms. The number of anilines is 1. The molecule has 0 fully saturated rings. The van der Waals surface area contributed by atoms with E-state index in [9.17, 15) is 0 Å². The second-order valence-electron chi connectivity index (χ2n) is 5.14. The van der Waals surface area contributed by atoms with E-state index in [-0.39, 0.29) is 6.10 Å². The third-order valence-electron chi connectivity index (χ3n) is 3.49. The van der Waals surface area contributed by atoms with Gasteiger partial charge in [0.2, 0.25) is 0 Å². The van der Waals surface area contributed by atoms with Crippen molar-refractivity contribution in [1.29, 1.82) is 0 Å². The smallest absolute Gasteiger partial charge is 0.121 e. The molecule has 2 rings (SSSR count). The van der Waals surface area contributed by atoms with E-state index in [1.807, 2.05) is 12.1 Å². The average molecular weight is 269 g/mol. The number of ether oxygens (including phenoxy) is 1. The average Bonchev–Trinajstić information content (AvgIpc) is 2.47. The van der Waals surface area contributed by atoms with Gasteiger partial charge in [0.25, 0.3) is 0 Å². The molecule has 0 aliphatic carbocycles. The molecule has 0 aromatic heterocycles. The van der Waals surface area contributed by atoms with Gasteiger partial charge in [-0.25, -0.2) is 0 Å². The van der Waals surface area contributed by atoms with Crippen LogP contribution in [-0.4, -0.2) is 6.10 Å². The fourth-order valence-electron chi connectivity index (χ4n) is 2.00. The first-order valence-electron chi connectivity index (χ1n) is 7.24. The summed E-state index contributed by atoms with van der Waals surface area (Å²) in [7, 11) is 0. The number of rotatable bonds is 6. The standard InChI is InChI=1S/C18H23NO/c1-4-15(3)20-18-11-7-10-17(12-18)19-13-16-9-6-5-8-14(16)2/h5-12,15,19H,4,13H2,1-3H3/t15-/m1/s1. The van der Waals surface area contributed by atoms with Crippen LogP contribution in [0.1, 0.15) is 31.4 Å². The summed E-state index contributed by atoms with van der Waals surface area (Å²) < 4.78 is 5.84. The molecule has 1 atom stereocenters. The maximum Gasteiger partial charge on any atom is 0.121 e. The normalized spacial score (nSPS) is 11.9. The Morgan fingerprint density at radius 3 is 2.65 bits per heavy atom. The second-order valence-corrected chi connectivity index (χ2v) is 5.14. The SMILES string of the molecule is CC[C@@H](C)Oc1cccc(NCc2ccccc2C)c1. The molecule has 20 heavy (non-hydrogen) atoms. The molecular formula is C18H23NO. The van der Waals surface area contributed by atoms with E-state index in [0.717, 1.165) is 24.4 Å². The summed E-state index contributed by atoms with van der Waals surface area (Å²) >= 11 is 0. The third kappa shape index (κ3) is 4.02. The van der Waals surface area contributed by atoms with Crippen LogP contribution < -0.4 is 10.1 Å². The molecule has 2 nitrogen and oxygen atoms in total. The van der Waals surface area contributed by atoms with E-state index >= 15 is 0 Å². The lowest BCUT2D eigenvalue weighted by Gasteiger charge is -2.14. The van der Waals surface area contributed by atoms with Crippen LogP contribution in [0.5, 0.6) is 5.75 Å². The summed E-state index contributed by atoms with van der Waals surface area (Å²) in [5.74, 6) is 0.925. The number of nitrogens with one attached hydrogen (secondary N) is 1. The van der Waals surface area contributed by atoms with Crippen molar-refractivity contribution in [3.05, 3.63) is 59.7 Å². The largest absolute Gasteiger partial charge is 0.491 e. The first-order chi connectivity index (χ1) is 9.69. The van der Waals surface area contributed by atoms with E-state index < -0.39 is 0 Å². The first kappa shape index (κ1) is 14.4. The van der Waals surface area contributed by atoms with Crippen LogP contribution in [0.4, 0.5) is 5.69 Å². The molecule has 0 saturated carbocycles. The van der Waals surface area contributed by atoms with Crippen LogP contribution in [0, 0.1) is 6.92 Å². The van der Waals surface area contributed by atoms with E-state index in [0.29, 0.717) is 0 Å². The minimum atomic E-state index is 0.251. The lowest BCUT2D eigenvalue weighted by Crippen LogP contribution is -2.09. The van der Waals surface area contributed by atoms with Crippen LogP contribution in [0.25, 0.3) is 0 Å². The van der Waals surface area contributed by atoms with Crippen LogP contribution >= 0.6 is 0 Å². The van der Waals surface area contributed by atoms with Crippen molar-refractivity contribution in [2.24, 2.45) is 0 Å². The topological polar surface area (TPSA) is 21.3 Å². The highest BCUT2D eigenvalue weighted by Gasteiger charge is 2.02. The van der Waals surface area contributed by atoms with E-state index in [2.05, 4.69) is 62.5 Å². The van der Waals surface area contributed by atoms with E-state index in [4.69, 9.17) is 4.74 Å². The first-order valence-corrected chi connectivity index (χ1v) is 7.24. The van der Waals surface area contributed by atoms with Gasteiger partial charge in [-0.2, -0.15) is 0 Å². The Bertz CT molecular complexity index is 551. The number of benzene rings is 2. The summed E-state index contributed by atoms with van der Waals surface area (Å²) in [6.45, 7) is 7.19. The maximum atomic E-state index is 5.84. The van der Waals surface area contributed by atoms with Gasteiger partial charge in [-0.3, -0.25) is 0 Å². The van der Waals surface area contributed by atoms with Crippen LogP contribution in [-0.2, 0) is 6.54 Å². The molecule has 0 radical (unpaired) electrons. The van der Waals surface area contributed by atoms with Gasteiger partial charge in [-0.15, -0.1) is 0 Å². The summed E-state index contributed by atoms with van der Waals surface area (Å²) in [6.07, 6.45) is 1.27. The zero-order valence-electron chi connectivity index (χ0n) is 12.5. The van der Waals surface area contributed by atoms with Crippen LogP contribution in [0.3, 0.4) is 0 Å². The fraction of sp³-hybridized carbons (Fsp3) is 0.333. The highest BCUT2D eigenvalue weighted by Crippen LogP contribution is 2.20. The van der Waals surface area contributed by atoms with Gasteiger partial charge < -0.3 is 10.1 Å². The van der Waals surface area contributed by atoms with Gasteiger partial charge in [-0.05, 0) is 43.5 Å². The van der Waals surface area contributed by atoms with Crippen LogP contribution in [0.15, 0.2) is 48.5 Å². The number of aryl methyl sites for hydroxylation is 1. The Kier molecular flexibility index (Phi) is 5.05. The molecule has 0 unspecified atom stereocenters. The summed E-state index contributed by atoms with van der Waals surface area (Å²) in [6, 6.07) is 16.6. The number of hydrogen-bond donors (Lipinski definition) is 1. The monoisotopic (exact) mass is 269 g/mol. The van der Waals surface area contributed by atoms with Crippen molar-refractivity contribution in [3.8, 4) is 5.75 Å². The molecule has 0 bridgehead atoms. The Morgan fingerprint density at radius 2 is 1.90 bits per heavy atom. The highest BCUT2D eigenvalue weighted by molar-refractivity contribution is 5.49. The van der Waals surface area contributed by atoms with Crippen molar-refractivity contribution < 1.29 is 4.74 Å². The molecule has 0 aliphatic rings. The van der Waals surface area contributed by atoms with Gasteiger partial charge in [-0.1, -0.05) is 37.3 Å². The van der Waals surface area contributed by atoms with Gasteiger partial charge in [0.05, 0.1) is 6.10 Å². The zero-order chi connectivity index (χ0) is 14.4. The lowest BCUT2D eigenvalue weighted by atomic mass is 10.1. The quantitative estimate of drug-likeness (QED) is 0.814. The van der Waals surface area contributed by atoms with Crippen molar-refractivity contribution in [2.45, 2.75) is 39.8 Å². The van der Waals surface area contributed by atoms with Crippen LogP contribution in [0.2, 0.25) is 0 Å². The molecule has 2 aromatic rings. The number of hydrogen-bond acceptors (Lipinski definition) is 2. The Hall–Kier alpha value is -1.96. The molecule has 2 aromatic carbocycles. The van der Waals surface area contributed by atoms with Gasteiger partial charge in [0.1, 0.15) is 5.75 Å². The molecule has 1 N–H and O–H groups in total.